The third-order valence-electron chi connectivity index (χ3n) is 4.80. The summed E-state index contributed by atoms with van der Waals surface area (Å²) in [5.74, 6) is -0.487. The second-order valence-corrected chi connectivity index (χ2v) is 6.27. The van der Waals surface area contributed by atoms with Crippen LogP contribution in [0.2, 0.25) is 0 Å². The Hall–Kier alpha value is -2.25. The molecule has 0 radical (unpaired) electrons. The first kappa shape index (κ1) is 15.3. The molecule has 2 atom stereocenters. The zero-order valence-electron chi connectivity index (χ0n) is 13.1. The van der Waals surface area contributed by atoms with Crippen LogP contribution in [0.1, 0.15) is 39.9 Å². The first-order valence-electron chi connectivity index (χ1n) is 7.91. The predicted octanol–water partition coefficient (Wildman–Crippen LogP) is 2.83. The Labute approximate surface area is 137 Å². The maximum Gasteiger partial charge on any atom is 0.291 e. The normalized spacial score (nSPS) is 22.1. The molecular weight excluding hydrogens is 316 g/mol. The van der Waals surface area contributed by atoms with E-state index < -0.39 is 17.5 Å². The number of fused-ring (bicyclic) bond motifs is 3. The maximum absolute atomic E-state index is 13.7. The number of benzene rings is 1. The Kier molecular flexibility index (Phi) is 3.62. The minimum atomic E-state index is -0.694. The van der Waals surface area contributed by atoms with Gasteiger partial charge in [0.15, 0.2) is 5.76 Å². The monoisotopic (exact) mass is 333 g/mol. The standard InChI is InChI=1S/C17H17F2N3O2/c1-8-14-13(5-2-9-7-20-22-15(9)14)24-16(8)17(23)21-12-6-10(18)3-4-11(12)19/h3-4,6,9,15,20,22H,2,5,7H2,1H3,(H,21,23). The summed E-state index contributed by atoms with van der Waals surface area (Å²) in [5.41, 5.74) is 7.90. The number of aryl methyl sites for hydroxylation is 1. The molecule has 4 rings (SSSR count). The van der Waals surface area contributed by atoms with E-state index in [4.69, 9.17) is 4.42 Å². The summed E-state index contributed by atoms with van der Waals surface area (Å²) < 4.78 is 32.7. The van der Waals surface area contributed by atoms with Crippen molar-refractivity contribution in [1.82, 2.24) is 10.9 Å². The van der Waals surface area contributed by atoms with Gasteiger partial charge in [-0.15, -0.1) is 0 Å². The molecule has 0 bridgehead atoms. The summed E-state index contributed by atoms with van der Waals surface area (Å²) in [7, 11) is 0. The molecule has 1 amide bonds. The SMILES string of the molecule is Cc1c(C(=O)Nc2cc(F)ccc2F)oc2c1C1NNCC1CC2. The second-order valence-electron chi connectivity index (χ2n) is 6.27. The molecule has 2 unspecified atom stereocenters. The van der Waals surface area contributed by atoms with Crippen molar-refractivity contribution in [3.63, 3.8) is 0 Å². The van der Waals surface area contributed by atoms with Crippen molar-refractivity contribution in [2.24, 2.45) is 5.92 Å². The molecular formula is C17H17F2N3O2. The number of carbonyl (C=O) groups excluding carboxylic acids is 1. The van der Waals surface area contributed by atoms with E-state index in [1.807, 2.05) is 6.92 Å². The number of hydrazine groups is 1. The Morgan fingerprint density at radius 2 is 2.21 bits per heavy atom. The first-order chi connectivity index (χ1) is 11.5. The molecule has 1 fully saturated rings. The van der Waals surface area contributed by atoms with Crippen molar-refractivity contribution in [1.29, 1.82) is 0 Å². The van der Waals surface area contributed by atoms with Crippen LogP contribution in [0.15, 0.2) is 22.6 Å². The quantitative estimate of drug-likeness (QED) is 0.791. The summed E-state index contributed by atoms with van der Waals surface area (Å²) >= 11 is 0. The van der Waals surface area contributed by atoms with E-state index in [2.05, 4.69) is 16.2 Å². The summed E-state index contributed by atoms with van der Waals surface area (Å²) in [6.45, 7) is 2.70. The minimum Gasteiger partial charge on any atom is -0.455 e. The van der Waals surface area contributed by atoms with Crippen LogP contribution in [-0.2, 0) is 6.42 Å². The van der Waals surface area contributed by atoms with Gasteiger partial charge in [0.1, 0.15) is 17.4 Å². The van der Waals surface area contributed by atoms with Crippen LogP contribution in [-0.4, -0.2) is 12.5 Å². The zero-order chi connectivity index (χ0) is 16.8. The highest BCUT2D eigenvalue weighted by atomic mass is 19.1. The lowest BCUT2D eigenvalue weighted by Gasteiger charge is -2.23. The average Bonchev–Trinajstić information content (AvgIpc) is 3.15. The summed E-state index contributed by atoms with van der Waals surface area (Å²) in [5, 5.41) is 2.39. The fourth-order valence-corrected chi connectivity index (χ4v) is 3.60. The molecule has 126 valence electrons. The molecule has 1 saturated heterocycles. The minimum absolute atomic E-state index is 0.116. The van der Waals surface area contributed by atoms with Gasteiger partial charge < -0.3 is 9.73 Å². The van der Waals surface area contributed by atoms with Crippen LogP contribution in [0.5, 0.6) is 0 Å². The zero-order valence-corrected chi connectivity index (χ0v) is 13.1. The van der Waals surface area contributed by atoms with Gasteiger partial charge in [-0.2, -0.15) is 0 Å². The number of rotatable bonds is 2. The van der Waals surface area contributed by atoms with Crippen LogP contribution < -0.4 is 16.2 Å². The molecule has 1 aromatic carbocycles. The molecule has 0 saturated carbocycles. The Bertz CT molecular complexity index is 818. The molecule has 3 N–H and O–H groups in total. The molecule has 0 spiro atoms. The van der Waals surface area contributed by atoms with Gasteiger partial charge in [0.05, 0.1) is 11.7 Å². The molecule has 1 aliphatic carbocycles. The van der Waals surface area contributed by atoms with Gasteiger partial charge in [-0.1, -0.05) is 0 Å². The van der Waals surface area contributed by atoms with E-state index in [1.165, 1.54) is 0 Å². The number of amides is 1. The van der Waals surface area contributed by atoms with Gasteiger partial charge in [0, 0.05) is 30.2 Å². The topological polar surface area (TPSA) is 66.3 Å². The van der Waals surface area contributed by atoms with Gasteiger partial charge >= 0.3 is 0 Å². The third-order valence-corrected chi connectivity index (χ3v) is 4.80. The lowest BCUT2D eigenvalue weighted by molar-refractivity contribution is 0.0993. The fourth-order valence-electron chi connectivity index (χ4n) is 3.60. The number of hydrogen-bond donors (Lipinski definition) is 3. The molecule has 2 aromatic rings. The van der Waals surface area contributed by atoms with Gasteiger partial charge in [-0.25, -0.2) is 14.2 Å². The summed E-state index contributed by atoms with van der Waals surface area (Å²) in [6.07, 6.45) is 1.74. The Balaban J connectivity index is 1.65. The molecule has 5 nitrogen and oxygen atoms in total. The number of halogens is 2. The molecule has 1 aliphatic heterocycles. The van der Waals surface area contributed by atoms with Crippen molar-refractivity contribution in [2.75, 3.05) is 11.9 Å². The number of nitrogens with one attached hydrogen (secondary N) is 3. The molecule has 2 heterocycles. The number of furan rings is 1. The Morgan fingerprint density at radius 3 is 3.04 bits per heavy atom. The van der Waals surface area contributed by atoms with Crippen LogP contribution in [0.4, 0.5) is 14.5 Å². The van der Waals surface area contributed by atoms with E-state index in [-0.39, 0.29) is 17.5 Å². The van der Waals surface area contributed by atoms with Crippen LogP contribution in [0.25, 0.3) is 0 Å². The van der Waals surface area contributed by atoms with Gasteiger partial charge in [0.2, 0.25) is 0 Å². The lowest BCUT2D eigenvalue weighted by Crippen LogP contribution is -2.27. The van der Waals surface area contributed by atoms with Crippen LogP contribution >= 0.6 is 0 Å². The fraction of sp³-hybridized carbons (Fsp3) is 0.353. The number of hydrogen-bond acceptors (Lipinski definition) is 4. The van der Waals surface area contributed by atoms with Crippen LogP contribution in [0.3, 0.4) is 0 Å². The van der Waals surface area contributed by atoms with Gasteiger partial charge in [-0.05, 0) is 31.4 Å². The highest BCUT2D eigenvalue weighted by Gasteiger charge is 2.38. The van der Waals surface area contributed by atoms with Crippen molar-refractivity contribution in [3.8, 4) is 0 Å². The first-order valence-corrected chi connectivity index (χ1v) is 7.91. The molecule has 2 aliphatic rings. The van der Waals surface area contributed by atoms with Gasteiger partial charge in [0.25, 0.3) is 5.91 Å². The molecule has 7 heteroatoms. The van der Waals surface area contributed by atoms with E-state index in [1.54, 1.807) is 0 Å². The van der Waals surface area contributed by atoms with Gasteiger partial charge in [-0.3, -0.25) is 10.2 Å². The molecule has 24 heavy (non-hydrogen) atoms. The summed E-state index contributed by atoms with van der Waals surface area (Å²) in [4.78, 5) is 12.5. The predicted molar refractivity (Wildman–Crippen MR) is 83.4 cm³/mol. The van der Waals surface area contributed by atoms with E-state index >= 15 is 0 Å². The highest BCUT2D eigenvalue weighted by molar-refractivity contribution is 6.03. The lowest BCUT2D eigenvalue weighted by atomic mass is 9.83. The number of carbonyl (C=O) groups is 1. The largest absolute Gasteiger partial charge is 0.455 e. The summed E-state index contributed by atoms with van der Waals surface area (Å²) in [6, 6.07) is 3.04. The maximum atomic E-state index is 13.7. The van der Waals surface area contributed by atoms with Crippen molar-refractivity contribution >= 4 is 11.6 Å². The Morgan fingerprint density at radius 1 is 1.38 bits per heavy atom. The third kappa shape index (κ3) is 2.40. The smallest absolute Gasteiger partial charge is 0.291 e. The number of anilines is 1. The van der Waals surface area contributed by atoms with Crippen LogP contribution in [0, 0.1) is 24.5 Å². The molecule has 1 aromatic heterocycles. The van der Waals surface area contributed by atoms with Crippen molar-refractivity contribution < 1.29 is 18.0 Å². The van der Waals surface area contributed by atoms with E-state index in [0.717, 1.165) is 54.5 Å². The van der Waals surface area contributed by atoms with Crippen molar-refractivity contribution in [2.45, 2.75) is 25.8 Å². The van der Waals surface area contributed by atoms with E-state index in [9.17, 15) is 13.6 Å². The van der Waals surface area contributed by atoms with Crippen molar-refractivity contribution in [3.05, 3.63) is 52.5 Å². The highest BCUT2D eigenvalue weighted by Crippen LogP contribution is 2.40. The second kappa shape index (κ2) is 5.68. The average molecular weight is 333 g/mol. The van der Waals surface area contributed by atoms with E-state index in [0.29, 0.717) is 5.92 Å².